The fourth-order valence-corrected chi connectivity index (χ4v) is 3.67. The van der Waals surface area contributed by atoms with Crippen molar-refractivity contribution in [3.8, 4) is 6.19 Å². The van der Waals surface area contributed by atoms with Gasteiger partial charge < -0.3 is 10.1 Å². The summed E-state index contributed by atoms with van der Waals surface area (Å²) >= 11 is 0. The van der Waals surface area contributed by atoms with Crippen LogP contribution >= 0.6 is 0 Å². The molecular formula is C15H27N3O3Si. The Morgan fingerprint density at radius 3 is 2.27 bits per heavy atom. The smallest absolute Gasteiger partial charge is 0.407 e. The summed E-state index contributed by atoms with van der Waals surface area (Å²) in [6, 6.07) is 0.0536. The van der Waals surface area contributed by atoms with E-state index >= 15 is 0 Å². The molecule has 1 N–H and O–H groups in total. The van der Waals surface area contributed by atoms with Crippen LogP contribution in [0.1, 0.15) is 33.6 Å². The predicted molar refractivity (Wildman–Crippen MR) is 86.8 cm³/mol. The highest BCUT2D eigenvalue weighted by molar-refractivity contribution is 6.80. The Morgan fingerprint density at radius 1 is 1.36 bits per heavy atom. The van der Waals surface area contributed by atoms with E-state index < -0.39 is 19.8 Å². The quantitative estimate of drug-likeness (QED) is 0.478. The van der Waals surface area contributed by atoms with Crippen LogP contribution in [0.3, 0.4) is 0 Å². The van der Waals surface area contributed by atoms with Gasteiger partial charge in [-0.05, 0) is 33.6 Å². The second-order valence-corrected chi connectivity index (χ2v) is 13.3. The highest BCUT2D eigenvalue weighted by atomic mass is 28.3. The first kappa shape index (κ1) is 18.5. The van der Waals surface area contributed by atoms with Crippen molar-refractivity contribution in [1.82, 2.24) is 10.2 Å². The topological polar surface area (TPSA) is 82.4 Å². The van der Waals surface area contributed by atoms with Crippen LogP contribution in [0, 0.1) is 11.5 Å². The molecule has 1 rings (SSSR count). The van der Waals surface area contributed by atoms with E-state index in [9.17, 15) is 14.9 Å². The van der Waals surface area contributed by atoms with Crippen LogP contribution in [0.15, 0.2) is 0 Å². The number of rotatable bonds is 5. The first-order chi connectivity index (χ1) is 9.95. The van der Waals surface area contributed by atoms with E-state index in [1.807, 2.05) is 6.19 Å². The second kappa shape index (κ2) is 6.69. The standard InChI is InChI=1S/C15H27N3O3Si/c1-15(2,3)21-14(20)17-9-12(22(4,5)6)13(19)18(10-16)11-7-8-11/h11-12H,7-9H2,1-6H3,(H,17,20)/t12-/m1/s1. The second-order valence-electron chi connectivity index (χ2n) is 7.84. The fraction of sp³-hybridized carbons (Fsp3) is 0.800. The number of amides is 2. The first-order valence-corrected chi connectivity index (χ1v) is 11.2. The third-order valence-corrected chi connectivity index (χ3v) is 5.99. The number of hydrogen-bond acceptors (Lipinski definition) is 4. The number of hydrogen-bond donors (Lipinski definition) is 1. The minimum Gasteiger partial charge on any atom is -0.444 e. The lowest BCUT2D eigenvalue weighted by atomic mass is 10.2. The summed E-state index contributed by atoms with van der Waals surface area (Å²) < 4.78 is 5.20. The van der Waals surface area contributed by atoms with E-state index in [2.05, 4.69) is 25.0 Å². The number of nitriles is 1. The Balaban J connectivity index is 2.72. The first-order valence-electron chi connectivity index (χ1n) is 7.65. The molecule has 0 aromatic rings. The van der Waals surface area contributed by atoms with Gasteiger partial charge in [0.05, 0.1) is 13.6 Å². The van der Waals surface area contributed by atoms with Crippen molar-refractivity contribution in [1.29, 1.82) is 5.26 Å². The molecule has 6 nitrogen and oxygen atoms in total. The summed E-state index contributed by atoms with van der Waals surface area (Å²) in [6.07, 6.45) is 3.25. The van der Waals surface area contributed by atoms with Crippen LogP contribution in [-0.2, 0) is 9.53 Å². The van der Waals surface area contributed by atoms with E-state index in [1.54, 1.807) is 20.8 Å². The molecule has 2 amide bonds. The molecular weight excluding hydrogens is 298 g/mol. The Kier molecular flexibility index (Phi) is 5.63. The largest absolute Gasteiger partial charge is 0.444 e. The van der Waals surface area contributed by atoms with Gasteiger partial charge in [0.15, 0.2) is 6.19 Å². The third kappa shape index (κ3) is 5.68. The predicted octanol–water partition coefficient (Wildman–Crippen LogP) is 2.69. The molecule has 1 atom stereocenters. The van der Waals surface area contributed by atoms with E-state index in [1.165, 1.54) is 4.90 Å². The molecule has 124 valence electrons. The summed E-state index contributed by atoms with van der Waals surface area (Å²) in [4.78, 5) is 25.7. The van der Waals surface area contributed by atoms with Crippen molar-refractivity contribution in [3.05, 3.63) is 0 Å². The molecule has 1 fully saturated rings. The molecule has 0 spiro atoms. The van der Waals surface area contributed by atoms with Gasteiger partial charge in [-0.25, -0.2) is 9.69 Å². The van der Waals surface area contributed by atoms with Crippen molar-refractivity contribution in [2.75, 3.05) is 6.54 Å². The molecule has 1 aliphatic rings. The molecule has 1 saturated carbocycles. The molecule has 1 aliphatic carbocycles. The van der Waals surface area contributed by atoms with Crippen LogP contribution in [0.4, 0.5) is 4.79 Å². The lowest BCUT2D eigenvalue weighted by Gasteiger charge is -2.30. The number of alkyl carbamates (subject to hydrolysis) is 1. The summed E-state index contributed by atoms with van der Waals surface area (Å²) in [5.41, 5.74) is -0.907. The number of carbonyl (C=O) groups excluding carboxylic acids is 2. The van der Waals surface area contributed by atoms with Crippen LogP contribution in [-0.4, -0.2) is 43.2 Å². The Labute approximate surface area is 133 Å². The molecule has 0 bridgehead atoms. The van der Waals surface area contributed by atoms with E-state index in [4.69, 9.17) is 4.74 Å². The molecule has 0 aliphatic heterocycles. The lowest BCUT2D eigenvalue weighted by Crippen LogP contribution is -2.47. The summed E-state index contributed by atoms with van der Waals surface area (Å²) in [7, 11) is -1.88. The molecule has 22 heavy (non-hydrogen) atoms. The molecule has 0 radical (unpaired) electrons. The zero-order valence-corrected chi connectivity index (χ0v) is 15.4. The van der Waals surface area contributed by atoms with Crippen molar-refractivity contribution in [2.24, 2.45) is 0 Å². The zero-order chi connectivity index (χ0) is 17.1. The van der Waals surface area contributed by atoms with E-state index in [0.29, 0.717) is 0 Å². The van der Waals surface area contributed by atoms with Crippen molar-refractivity contribution in [3.63, 3.8) is 0 Å². The molecule has 0 heterocycles. The summed E-state index contributed by atoms with van der Waals surface area (Å²) in [6.45, 7) is 11.8. The van der Waals surface area contributed by atoms with Gasteiger partial charge in [0, 0.05) is 12.6 Å². The van der Waals surface area contributed by atoms with Gasteiger partial charge in [-0.2, -0.15) is 5.26 Å². The van der Waals surface area contributed by atoms with E-state index in [0.717, 1.165) is 12.8 Å². The van der Waals surface area contributed by atoms with Crippen molar-refractivity contribution < 1.29 is 14.3 Å². The fourth-order valence-electron chi connectivity index (χ4n) is 2.07. The van der Waals surface area contributed by atoms with Crippen molar-refractivity contribution in [2.45, 2.75) is 70.4 Å². The van der Waals surface area contributed by atoms with Gasteiger partial charge >= 0.3 is 6.09 Å². The molecule has 7 heteroatoms. The maximum absolute atomic E-state index is 12.6. The number of carbonyl (C=O) groups is 2. The highest BCUT2D eigenvalue weighted by Crippen LogP contribution is 2.31. The Hall–Kier alpha value is -1.55. The molecule has 0 unspecified atom stereocenters. The number of ether oxygens (including phenoxy) is 1. The molecule has 0 aromatic heterocycles. The van der Waals surface area contributed by atoms with Gasteiger partial charge in [-0.1, -0.05) is 19.6 Å². The maximum Gasteiger partial charge on any atom is 0.407 e. The van der Waals surface area contributed by atoms with E-state index in [-0.39, 0.29) is 24.0 Å². The number of nitrogens with zero attached hydrogens (tertiary/aromatic N) is 2. The van der Waals surface area contributed by atoms with Gasteiger partial charge in [-0.3, -0.25) is 4.79 Å². The van der Waals surface area contributed by atoms with Crippen LogP contribution in [0.5, 0.6) is 0 Å². The SMILES string of the molecule is CC(C)(C)OC(=O)NC[C@H](C(=O)N(C#N)C1CC1)[Si](C)(C)C. The van der Waals surface area contributed by atoms with Gasteiger partial charge in [0.25, 0.3) is 0 Å². The van der Waals surface area contributed by atoms with Gasteiger partial charge in [0.1, 0.15) is 5.60 Å². The van der Waals surface area contributed by atoms with Crippen LogP contribution in [0.2, 0.25) is 25.2 Å². The van der Waals surface area contributed by atoms with Crippen LogP contribution < -0.4 is 5.32 Å². The summed E-state index contributed by atoms with van der Waals surface area (Å²) in [5.74, 6) is -0.166. The minimum atomic E-state index is -1.88. The Morgan fingerprint density at radius 2 is 1.91 bits per heavy atom. The monoisotopic (exact) mass is 325 g/mol. The minimum absolute atomic E-state index is 0.0536. The van der Waals surface area contributed by atoms with Gasteiger partial charge in [0.2, 0.25) is 5.91 Å². The zero-order valence-electron chi connectivity index (χ0n) is 14.4. The molecule has 0 saturated heterocycles. The normalized spacial score (nSPS) is 16.4. The molecule has 0 aromatic carbocycles. The number of nitrogens with one attached hydrogen (secondary N) is 1. The average Bonchev–Trinajstić information content (AvgIpc) is 3.10. The maximum atomic E-state index is 12.6. The lowest BCUT2D eigenvalue weighted by molar-refractivity contribution is -0.128. The summed E-state index contributed by atoms with van der Waals surface area (Å²) in [5, 5.41) is 11.9. The average molecular weight is 325 g/mol. The Bertz CT molecular complexity index is 470. The van der Waals surface area contributed by atoms with Crippen LogP contribution in [0.25, 0.3) is 0 Å². The highest BCUT2D eigenvalue weighted by Gasteiger charge is 2.41. The van der Waals surface area contributed by atoms with Crippen molar-refractivity contribution >= 4 is 20.1 Å². The third-order valence-electron chi connectivity index (χ3n) is 3.45. The van der Waals surface area contributed by atoms with Gasteiger partial charge in [-0.15, -0.1) is 0 Å².